The molecule has 0 fully saturated rings. The van der Waals surface area contributed by atoms with Crippen molar-refractivity contribution < 1.29 is 0 Å². The van der Waals surface area contributed by atoms with Gasteiger partial charge in [-0.3, -0.25) is 0 Å². The van der Waals surface area contributed by atoms with E-state index in [2.05, 4.69) is 150 Å². The van der Waals surface area contributed by atoms with Gasteiger partial charge in [-0.2, -0.15) is 0 Å². The minimum atomic E-state index is -0.169. The third-order valence-electron chi connectivity index (χ3n) is 11.5. The van der Waals surface area contributed by atoms with Gasteiger partial charge in [-0.1, -0.05) is 105 Å². The summed E-state index contributed by atoms with van der Waals surface area (Å²) in [7, 11) is 0. The largest absolute Gasteiger partial charge is 0.308 e. The first-order valence-electron chi connectivity index (χ1n) is 16.9. The highest BCUT2D eigenvalue weighted by atomic mass is 15.0. The zero-order valence-electron chi connectivity index (χ0n) is 28.1. The topological polar surface area (TPSA) is 4.93 Å². The van der Waals surface area contributed by atoms with Crippen LogP contribution in [-0.2, 0) is 10.8 Å². The molecule has 3 heterocycles. The molecule has 2 aliphatic heterocycles. The lowest BCUT2D eigenvalue weighted by atomic mass is 9.67. The molecule has 5 aromatic carbocycles. The Labute approximate surface area is 272 Å². The zero-order valence-corrected chi connectivity index (χ0v) is 28.1. The predicted octanol–water partition coefficient (Wildman–Crippen LogP) is 12.1. The molecular weight excluding hydrogens is 555 g/mol. The van der Waals surface area contributed by atoms with Crippen LogP contribution in [0.3, 0.4) is 0 Å². The molecule has 46 heavy (non-hydrogen) atoms. The first kappa shape index (κ1) is 27.7. The van der Waals surface area contributed by atoms with Crippen LogP contribution in [0.1, 0.15) is 86.4 Å². The van der Waals surface area contributed by atoms with E-state index in [1.165, 1.54) is 99.8 Å². The summed E-state index contributed by atoms with van der Waals surface area (Å²) >= 11 is 0. The number of fused-ring (bicyclic) bond motifs is 1. The molecule has 1 aromatic heterocycles. The summed E-state index contributed by atoms with van der Waals surface area (Å²) in [6, 6.07) is 33.1. The van der Waals surface area contributed by atoms with Crippen LogP contribution in [0, 0.1) is 13.8 Å². The van der Waals surface area contributed by atoms with Crippen molar-refractivity contribution in [1.82, 2.24) is 4.57 Å². The maximum absolute atomic E-state index is 2.66. The zero-order chi connectivity index (χ0) is 31.7. The number of aryl methyl sites for hydroxylation is 2. The van der Waals surface area contributed by atoms with Crippen LogP contribution in [0.5, 0.6) is 0 Å². The molecule has 9 rings (SSSR count). The molecular formula is C45H41N. The summed E-state index contributed by atoms with van der Waals surface area (Å²) in [4.78, 5) is 0. The predicted molar refractivity (Wildman–Crippen MR) is 196 cm³/mol. The van der Waals surface area contributed by atoms with Crippen LogP contribution in [0.25, 0.3) is 55.3 Å². The minimum Gasteiger partial charge on any atom is -0.308 e. The highest BCUT2D eigenvalue weighted by Gasteiger charge is 2.44. The van der Waals surface area contributed by atoms with E-state index in [-0.39, 0.29) is 10.8 Å². The molecule has 0 N–H and O–H groups in total. The van der Waals surface area contributed by atoms with Crippen LogP contribution in [-0.4, -0.2) is 4.57 Å². The lowest BCUT2D eigenvalue weighted by Crippen LogP contribution is -2.34. The normalized spacial score (nSPS) is 17.0. The van der Waals surface area contributed by atoms with Crippen molar-refractivity contribution in [2.45, 2.75) is 72.1 Å². The first-order chi connectivity index (χ1) is 22.0. The molecule has 0 amide bonds. The number of hydrogen-bond acceptors (Lipinski definition) is 0. The molecule has 0 unspecified atom stereocenters. The third kappa shape index (κ3) is 3.69. The minimum absolute atomic E-state index is 0.169. The number of nitrogens with zero attached hydrogens (tertiary/aromatic N) is 1. The lowest BCUT2D eigenvalue weighted by molar-refractivity contribution is 0.593. The summed E-state index contributed by atoms with van der Waals surface area (Å²) in [5.74, 6) is 0. The molecule has 0 saturated heterocycles. The molecule has 0 bridgehead atoms. The number of rotatable bonds is 3. The molecule has 226 valence electrons. The fourth-order valence-electron chi connectivity index (χ4n) is 8.56. The Morgan fingerprint density at radius 3 is 1.37 bits per heavy atom. The number of hydrogen-bond donors (Lipinski definition) is 0. The van der Waals surface area contributed by atoms with Crippen molar-refractivity contribution >= 4 is 27.4 Å². The standard InChI is InChI=1S/C45H41N/c1-26-8-14-29(15-9-26)32-20-35-36-21-33(30-16-10-27(2)11-17-30)23-38-42(36)46-41(35)37(22-32)44(4,5)39-24-34(31-18-12-28(3)13-19-31)25-40(43(39)46)45(38,6)7/h8-12,14-18,20-25H,13,19H2,1-7H3. The Bertz CT molecular complexity index is 2200. The summed E-state index contributed by atoms with van der Waals surface area (Å²) < 4.78 is 2.66. The van der Waals surface area contributed by atoms with Gasteiger partial charge in [0.25, 0.3) is 0 Å². The van der Waals surface area contributed by atoms with Crippen LogP contribution in [0.15, 0.2) is 103 Å². The quantitative estimate of drug-likeness (QED) is 0.192. The monoisotopic (exact) mass is 595 g/mol. The van der Waals surface area contributed by atoms with E-state index in [0.717, 1.165) is 12.8 Å². The van der Waals surface area contributed by atoms with Crippen molar-refractivity contribution in [2.75, 3.05) is 0 Å². The van der Waals surface area contributed by atoms with Crippen LogP contribution >= 0.6 is 0 Å². The molecule has 1 nitrogen and oxygen atoms in total. The van der Waals surface area contributed by atoms with Gasteiger partial charge in [0.15, 0.2) is 0 Å². The Hall–Kier alpha value is -4.62. The average molecular weight is 596 g/mol. The summed E-state index contributed by atoms with van der Waals surface area (Å²) in [6.45, 7) is 16.4. The van der Waals surface area contributed by atoms with Crippen LogP contribution < -0.4 is 0 Å². The second-order valence-electron chi connectivity index (χ2n) is 15.3. The highest BCUT2D eigenvalue weighted by Crippen LogP contribution is 2.57. The van der Waals surface area contributed by atoms with E-state index in [4.69, 9.17) is 0 Å². The Morgan fingerprint density at radius 1 is 0.478 bits per heavy atom. The van der Waals surface area contributed by atoms with Crippen molar-refractivity contribution in [3.63, 3.8) is 0 Å². The molecule has 0 saturated carbocycles. The molecule has 0 spiro atoms. The number of benzene rings is 5. The van der Waals surface area contributed by atoms with Crippen LogP contribution in [0.4, 0.5) is 0 Å². The molecule has 6 aromatic rings. The highest BCUT2D eigenvalue weighted by molar-refractivity contribution is 6.16. The van der Waals surface area contributed by atoms with Crippen molar-refractivity contribution in [1.29, 1.82) is 0 Å². The SMILES string of the molecule is CC1=CC=C(c2cc3c4c(c2)C(C)(C)c2cc(-c5ccc(C)cc5)cc5c6cc(-c7ccc(C)cc7)cc(c6n-4c25)C3(C)C)CC1. The van der Waals surface area contributed by atoms with Gasteiger partial charge in [0, 0.05) is 21.6 Å². The van der Waals surface area contributed by atoms with Crippen molar-refractivity contribution in [2.24, 2.45) is 0 Å². The second-order valence-corrected chi connectivity index (χ2v) is 15.3. The number of aromatic nitrogens is 1. The van der Waals surface area contributed by atoms with E-state index >= 15 is 0 Å². The average Bonchev–Trinajstić information content (AvgIpc) is 3.37. The third-order valence-corrected chi connectivity index (χ3v) is 11.5. The van der Waals surface area contributed by atoms with Gasteiger partial charge in [-0.15, -0.1) is 0 Å². The maximum Gasteiger partial charge on any atom is 0.0582 e. The van der Waals surface area contributed by atoms with Gasteiger partial charge in [0.05, 0.1) is 16.7 Å². The van der Waals surface area contributed by atoms with Gasteiger partial charge < -0.3 is 4.57 Å². The lowest BCUT2D eigenvalue weighted by Gasteiger charge is -2.43. The molecule has 0 radical (unpaired) electrons. The molecule has 3 aliphatic rings. The van der Waals surface area contributed by atoms with E-state index in [0.29, 0.717) is 0 Å². The van der Waals surface area contributed by atoms with Crippen molar-refractivity contribution in [3.8, 4) is 27.9 Å². The fourth-order valence-corrected chi connectivity index (χ4v) is 8.56. The summed E-state index contributed by atoms with van der Waals surface area (Å²) in [6.07, 6.45) is 6.93. The Balaban J connectivity index is 1.45. The summed E-state index contributed by atoms with van der Waals surface area (Å²) in [5, 5.41) is 2.72. The molecule has 1 heteroatoms. The van der Waals surface area contributed by atoms with Gasteiger partial charge in [-0.25, -0.2) is 0 Å². The first-order valence-corrected chi connectivity index (χ1v) is 16.9. The van der Waals surface area contributed by atoms with E-state index in [1.807, 2.05) is 0 Å². The Kier molecular flexibility index (Phi) is 5.55. The maximum atomic E-state index is 2.66. The van der Waals surface area contributed by atoms with E-state index < -0.39 is 0 Å². The van der Waals surface area contributed by atoms with Crippen molar-refractivity contribution in [3.05, 3.63) is 142 Å². The molecule has 0 atom stereocenters. The summed E-state index contributed by atoms with van der Waals surface area (Å²) in [5.41, 5.74) is 21.6. The number of allylic oxidation sites excluding steroid dienone is 4. The fraction of sp³-hybridized carbons (Fsp3) is 0.244. The van der Waals surface area contributed by atoms with Gasteiger partial charge >= 0.3 is 0 Å². The second kappa shape index (κ2) is 9.23. The van der Waals surface area contributed by atoms with E-state index in [9.17, 15) is 0 Å². The van der Waals surface area contributed by atoms with Gasteiger partial charge in [0.2, 0.25) is 0 Å². The smallest absolute Gasteiger partial charge is 0.0582 e. The van der Waals surface area contributed by atoms with Gasteiger partial charge in [-0.05, 0) is 126 Å². The van der Waals surface area contributed by atoms with E-state index in [1.54, 1.807) is 0 Å². The Morgan fingerprint density at radius 2 is 0.935 bits per heavy atom. The van der Waals surface area contributed by atoms with Crippen LogP contribution in [0.2, 0.25) is 0 Å². The van der Waals surface area contributed by atoms with Gasteiger partial charge in [0.1, 0.15) is 0 Å². The molecule has 1 aliphatic carbocycles.